The number of pyridine rings is 4. The molecule has 0 amide bonds. The van der Waals surface area contributed by atoms with E-state index < -0.39 is 6.10 Å². The lowest BCUT2D eigenvalue weighted by Crippen LogP contribution is -2.19. The lowest BCUT2D eigenvalue weighted by Gasteiger charge is -2.13. The van der Waals surface area contributed by atoms with Gasteiger partial charge in [-0.25, -0.2) is 19.9 Å². The van der Waals surface area contributed by atoms with Crippen molar-refractivity contribution in [3.8, 4) is 0 Å². The second-order valence-corrected chi connectivity index (χ2v) is 15.4. The predicted molar refractivity (Wildman–Crippen MR) is 234 cm³/mol. The fourth-order valence-electron chi connectivity index (χ4n) is 6.01. The first kappa shape index (κ1) is 47.9. The van der Waals surface area contributed by atoms with E-state index in [0.717, 1.165) is 38.7 Å². The molecule has 0 aromatic carbocycles. The Labute approximate surface area is 363 Å². The Bertz CT molecular complexity index is 1920. The zero-order valence-electron chi connectivity index (χ0n) is 33.5. The van der Waals surface area contributed by atoms with Crippen LogP contribution in [0.25, 0.3) is 0 Å². The summed E-state index contributed by atoms with van der Waals surface area (Å²) in [7, 11) is 0. The molecule has 2 saturated heterocycles. The SMILES string of the molecule is CC1=CC(c2ccc(N)nc2)OC1CO.CC1C=COC1CO.Nc1ccc(C2CC(=O)C(CO)O2)cn1.Nc1ccc(C2CCC(CO)O2)cn1.Nc1ccc(I)cn1. The third-order valence-electron chi connectivity index (χ3n) is 9.60. The number of hydrogen-bond acceptors (Lipinski definition) is 17. The van der Waals surface area contributed by atoms with Gasteiger partial charge >= 0.3 is 0 Å². The van der Waals surface area contributed by atoms with Crippen molar-refractivity contribution < 1.29 is 44.2 Å². The summed E-state index contributed by atoms with van der Waals surface area (Å²) >= 11 is 2.18. The topological polar surface area (TPSA) is 291 Å². The van der Waals surface area contributed by atoms with Gasteiger partial charge in [0, 0.05) is 46.3 Å². The lowest BCUT2D eigenvalue weighted by atomic mass is 10.1. The highest BCUT2D eigenvalue weighted by molar-refractivity contribution is 14.1. The second-order valence-electron chi connectivity index (χ2n) is 14.1. The number of nitrogens with two attached hydrogens (primary N) is 4. The zero-order valence-corrected chi connectivity index (χ0v) is 35.7. The number of nitrogens with zero attached hydrogens (tertiary/aromatic N) is 4. The largest absolute Gasteiger partial charge is 0.495 e. The minimum absolute atomic E-state index is 0.00926. The number of ether oxygens (including phenoxy) is 4. The maximum Gasteiger partial charge on any atom is 0.166 e. The van der Waals surface area contributed by atoms with Gasteiger partial charge in [-0.15, -0.1) is 0 Å². The first-order valence-corrected chi connectivity index (χ1v) is 20.4. The van der Waals surface area contributed by atoms with E-state index in [1.54, 1.807) is 61.4 Å². The third kappa shape index (κ3) is 15.0. The number of nitrogen functional groups attached to an aromatic ring is 4. The standard InChI is InChI=1S/C11H14N2O2.C10H12N2O3.C10H14N2O2.C6H10O2.C5H5IN2/c1-7-4-9(15-10(7)6-14)8-2-3-11(12)13-5-8;11-10-2-1-6(4-12-10)8-3-7(14)9(5-13)15-8;11-10-4-1-7(5-12-10)9-3-2-8(6-13)14-9;1-5-2-3-8-6(5)4-7;6-4-1-2-5(7)8-3-4/h2-5,9-10,14H,6H2,1H3,(H2,12,13);1-2,4,8-9,13H,3,5H2,(H2,11,12);1,4-5,8-9,13H,2-3,6H2,(H2,11,12);2-3,5-7H,4H2,1H3;1-3H,(H2,7,8). The molecule has 8 rings (SSSR count). The number of rotatable bonds is 7. The summed E-state index contributed by atoms with van der Waals surface area (Å²) in [6.45, 7) is 3.93. The number of ketones is 1. The molecule has 0 saturated carbocycles. The highest BCUT2D eigenvalue weighted by Gasteiger charge is 2.34. The van der Waals surface area contributed by atoms with Crippen molar-refractivity contribution in [2.75, 3.05) is 49.4 Å². The number of halogens is 1. The number of hydrogen-bond donors (Lipinski definition) is 8. The molecular formula is C42H55IN8O9. The maximum atomic E-state index is 11.3. The van der Waals surface area contributed by atoms with Crippen molar-refractivity contribution in [2.24, 2.45) is 5.92 Å². The highest BCUT2D eigenvalue weighted by atomic mass is 127. The Balaban J connectivity index is 0.000000169. The zero-order chi connectivity index (χ0) is 43.6. The Morgan fingerprint density at radius 3 is 1.60 bits per heavy atom. The molecule has 0 spiro atoms. The van der Waals surface area contributed by atoms with Crippen LogP contribution in [-0.4, -0.2) is 97.0 Å². The Hall–Kier alpha value is -4.80. The van der Waals surface area contributed by atoms with Crippen molar-refractivity contribution in [1.29, 1.82) is 0 Å². The van der Waals surface area contributed by atoms with Crippen LogP contribution >= 0.6 is 22.6 Å². The molecule has 4 aromatic heterocycles. The van der Waals surface area contributed by atoms with E-state index in [9.17, 15) is 4.79 Å². The lowest BCUT2D eigenvalue weighted by molar-refractivity contribution is -0.124. The smallest absolute Gasteiger partial charge is 0.166 e. The monoisotopic (exact) mass is 942 g/mol. The number of aromatic nitrogens is 4. The van der Waals surface area contributed by atoms with Crippen LogP contribution in [0.3, 0.4) is 0 Å². The molecule has 4 aromatic rings. The van der Waals surface area contributed by atoms with Gasteiger partial charge in [-0.2, -0.15) is 0 Å². The summed E-state index contributed by atoms with van der Waals surface area (Å²) in [5.74, 6) is 2.33. The molecule has 0 aliphatic carbocycles. The molecule has 8 atom stereocenters. The summed E-state index contributed by atoms with van der Waals surface area (Å²) < 4.78 is 22.7. The van der Waals surface area contributed by atoms with E-state index in [-0.39, 0.29) is 75.3 Å². The molecule has 0 radical (unpaired) electrons. The van der Waals surface area contributed by atoms with Crippen LogP contribution in [0.2, 0.25) is 0 Å². The average molecular weight is 943 g/mol. The molecule has 60 heavy (non-hydrogen) atoms. The Morgan fingerprint density at radius 2 is 1.22 bits per heavy atom. The van der Waals surface area contributed by atoms with Gasteiger partial charge in [0.05, 0.1) is 51.0 Å². The van der Waals surface area contributed by atoms with Crippen LogP contribution in [-0.2, 0) is 23.7 Å². The first-order chi connectivity index (χ1) is 28.8. The third-order valence-corrected chi connectivity index (χ3v) is 10.2. The van der Waals surface area contributed by atoms with E-state index in [4.69, 9.17) is 62.3 Å². The molecule has 18 heteroatoms. The number of carbonyl (C=O) groups excluding carboxylic acids is 1. The molecule has 17 nitrogen and oxygen atoms in total. The van der Waals surface area contributed by atoms with Crippen LogP contribution in [0.5, 0.6) is 0 Å². The Kier molecular flexibility index (Phi) is 19.5. The molecule has 8 heterocycles. The van der Waals surface area contributed by atoms with Gasteiger partial charge in [-0.1, -0.05) is 25.1 Å². The minimum Gasteiger partial charge on any atom is -0.495 e. The van der Waals surface area contributed by atoms with Crippen molar-refractivity contribution in [1.82, 2.24) is 19.9 Å². The molecule has 0 bridgehead atoms. The fourth-order valence-corrected chi connectivity index (χ4v) is 6.33. The number of carbonyl (C=O) groups is 1. The maximum absolute atomic E-state index is 11.3. The fraction of sp³-hybridized carbons (Fsp3) is 0.405. The van der Waals surface area contributed by atoms with E-state index in [0.29, 0.717) is 29.2 Å². The van der Waals surface area contributed by atoms with Crippen molar-refractivity contribution in [3.63, 3.8) is 0 Å². The van der Waals surface area contributed by atoms with Crippen molar-refractivity contribution >= 4 is 51.6 Å². The molecular weight excluding hydrogens is 887 g/mol. The quantitative estimate of drug-likeness (QED) is 0.0967. The van der Waals surface area contributed by atoms with Crippen LogP contribution in [0.15, 0.2) is 97.3 Å². The number of anilines is 4. The summed E-state index contributed by atoms with van der Waals surface area (Å²) in [5, 5.41) is 35.4. The predicted octanol–water partition coefficient (Wildman–Crippen LogP) is 3.77. The van der Waals surface area contributed by atoms with Crippen LogP contribution in [0.1, 0.15) is 68.1 Å². The molecule has 8 unspecified atom stereocenters. The van der Waals surface area contributed by atoms with Crippen molar-refractivity contribution in [3.05, 3.63) is 118 Å². The van der Waals surface area contributed by atoms with Crippen molar-refractivity contribution in [2.45, 2.75) is 75.8 Å². The average Bonchev–Trinajstić information content (AvgIpc) is 4.08. The number of aliphatic hydroxyl groups is 4. The summed E-state index contributed by atoms with van der Waals surface area (Å²) in [6, 6.07) is 14.5. The van der Waals surface area contributed by atoms with E-state index in [2.05, 4.69) is 42.5 Å². The molecule has 2 fully saturated rings. The van der Waals surface area contributed by atoms with E-state index in [1.807, 2.05) is 44.2 Å². The summed E-state index contributed by atoms with van der Waals surface area (Å²) in [5.41, 5.74) is 25.6. The summed E-state index contributed by atoms with van der Waals surface area (Å²) in [4.78, 5) is 27.1. The normalized spacial score (nSPS) is 24.9. The van der Waals surface area contributed by atoms with Gasteiger partial charge < -0.3 is 62.3 Å². The van der Waals surface area contributed by atoms with Gasteiger partial charge in [-0.05, 0) is 102 Å². The molecule has 4 aliphatic rings. The number of aliphatic hydroxyl groups excluding tert-OH is 4. The van der Waals surface area contributed by atoms with Gasteiger partial charge in [0.15, 0.2) is 5.78 Å². The van der Waals surface area contributed by atoms with Crippen LogP contribution < -0.4 is 22.9 Å². The second kappa shape index (κ2) is 24.5. The van der Waals surface area contributed by atoms with E-state index in [1.165, 1.54) is 0 Å². The van der Waals surface area contributed by atoms with Crippen LogP contribution in [0.4, 0.5) is 23.3 Å². The Morgan fingerprint density at radius 1 is 0.667 bits per heavy atom. The minimum atomic E-state index is -0.687. The number of Topliss-reactive ketones (excluding diaryl/α,β-unsaturated/α-hetero) is 1. The summed E-state index contributed by atoms with van der Waals surface area (Å²) in [6.07, 6.45) is 13.2. The molecule has 324 valence electrons. The van der Waals surface area contributed by atoms with Gasteiger partial charge in [0.25, 0.3) is 0 Å². The van der Waals surface area contributed by atoms with Crippen LogP contribution in [0, 0.1) is 9.49 Å². The molecule has 4 aliphatic heterocycles. The first-order valence-electron chi connectivity index (χ1n) is 19.3. The van der Waals surface area contributed by atoms with Gasteiger partial charge in [0.2, 0.25) is 0 Å². The van der Waals surface area contributed by atoms with Gasteiger partial charge in [-0.3, -0.25) is 4.79 Å². The van der Waals surface area contributed by atoms with E-state index >= 15 is 0 Å². The van der Waals surface area contributed by atoms with Gasteiger partial charge in [0.1, 0.15) is 47.7 Å². The molecule has 12 N–H and O–H groups in total. The highest BCUT2D eigenvalue weighted by Crippen LogP contribution is 2.33.